The van der Waals surface area contributed by atoms with Gasteiger partial charge in [0.1, 0.15) is 0 Å². The van der Waals surface area contributed by atoms with Gasteiger partial charge in [-0.2, -0.15) is 13.2 Å². The Hall–Kier alpha value is -1.27. The van der Waals surface area contributed by atoms with E-state index in [1.54, 1.807) is 24.3 Å². The van der Waals surface area contributed by atoms with Crippen molar-refractivity contribution in [2.45, 2.75) is 32.0 Å². The number of nitrogens with two attached hydrogens (primary N) is 1. The van der Waals surface area contributed by atoms with Crippen LogP contribution in [0.25, 0.3) is 0 Å². The van der Waals surface area contributed by atoms with Gasteiger partial charge in [-0.1, -0.05) is 12.1 Å². The van der Waals surface area contributed by atoms with Gasteiger partial charge in [0.2, 0.25) is 5.91 Å². The van der Waals surface area contributed by atoms with E-state index in [4.69, 9.17) is 5.73 Å². The lowest BCUT2D eigenvalue weighted by molar-refractivity contribution is -0.136. The fourth-order valence-electron chi connectivity index (χ4n) is 1.50. The lowest BCUT2D eigenvalue weighted by Crippen LogP contribution is -2.15. The lowest BCUT2D eigenvalue weighted by Gasteiger charge is -2.14. The van der Waals surface area contributed by atoms with Crippen LogP contribution in [0.3, 0.4) is 0 Å². The van der Waals surface area contributed by atoms with Crippen LogP contribution in [0.2, 0.25) is 0 Å². The first-order chi connectivity index (χ1) is 8.28. The zero-order valence-corrected chi connectivity index (χ0v) is 11.1. The minimum Gasteiger partial charge on any atom is -0.326 e. The van der Waals surface area contributed by atoms with Gasteiger partial charge < -0.3 is 11.1 Å². The van der Waals surface area contributed by atoms with E-state index in [0.29, 0.717) is 11.3 Å². The molecule has 0 spiro atoms. The van der Waals surface area contributed by atoms with Crippen LogP contribution in [0.4, 0.5) is 18.9 Å². The van der Waals surface area contributed by atoms with Crippen molar-refractivity contribution in [1.29, 1.82) is 0 Å². The molecule has 0 unspecified atom stereocenters. The number of halogens is 4. The highest BCUT2D eigenvalue weighted by molar-refractivity contribution is 5.88. The topological polar surface area (TPSA) is 55.1 Å². The molecule has 1 atom stereocenters. The molecule has 0 bridgehead atoms. The monoisotopic (exact) mass is 296 g/mol. The molecule has 0 aliphatic rings. The molecule has 0 aliphatic carbocycles. The Morgan fingerprint density at radius 2 is 1.84 bits per heavy atom. The summed E-state index contributed by atoms with van der Waals surface area (Å²) in [6.07, 6.45) is -5.24. The van der Waals surface area contributed by atoms with Gasteiger partial charge in [0.15, 0.2) is 0 Å². The van der Waals surface area contributed by atoms with Crippen LogP contribution in [0.15, 0.2) is 24.3 Å². The maximum Gasteiger partial charge on any atom is 0.389 e. The van der Waals surface area contributed by atoms with Gasteiger partial charge in [-0.15, -0.1) is 12.4 Å². The summed E-state index contributed by atoms with van der Waals surface area (Å²) in [6, 6.07) is 5.81. The van der Waals surface area contributed by atoms with Gasteiger partial charge in [-0.3, -0.25) is 4.79 Å². The van der Waals surface area contributed by atoms with E-state index in [1.807, 2.05) is 0 Å². The molecule has 0 aromatic heterocycles. The highest BCUT2D eigenvalue weighted by atomic mass is 35.5. The fraction of sp³-hybridized carbons (Fsp3) is 0.417. The predicted octanol–water partition coefficient (Wildman–Crippen LogP) is 3.41. The van der Waals surface area contributed by atoms with Crippen molar-refractivity contribution in [3.63, 3.8) is 0 Å². The number of carbonyl (C=O) groups excluding carboxylic acids is 1. The molecular weight excluding hydrogens is 281 g/mol. The lowest BCUT2D eigenvalue weighted by atomic mass is 10.0. The molecule has 1 rings (SSSR count). The Labute approximate surface area is 115 Å². The highest BCUT2D eigenvalue weighted by Gasteiger charge is 2.27. The molecule has 7 heteroatoms. The number of amides is 1. The summed E-state index contributed by atoms with van der Waals surface area (Å²) >= 11 is 0. The van der Waals surface area contributed by atoms with Crippen molar-refractivity contribution in [2.75, 3.05) is 5.32 Å². The van der Waals surface area contributed by atoms with Crippen LogP contribution in [0.1, 0.15) is 31.4 Å². The van der Waals surface area contributed by atoms with Gasteiger partial charge in [-0.05, 0) is 24.1 Å². The summed E-state index contributed by atoms with van der Waals surface area (Å²) in [5, 5.41) is 2.57. The Morgan fingerprint density at radius 3 is 2.26 bits per heavy atom. The second kappa shape index (κ2) is 7.35. The molecule has 1 amide bonds. The third-order valence-electron chi connectivity index (χ3n) is 2.40. The molecule has 0 heterocycles. The molecular formula is C12H16ClF3N2O. The largest absolute Gasteiger partial charge is 0.389 e. The van der Waals surface area contributed by atoms with Gasteiger partial charge >= 0.3 is 6.18 Å². The maximum atomic E-state index is 12.0. The van der Waals surface area contributed by atoms with Crippen molar-refractivity contribution < 1.29 is 18.0 Å². The van der Waals surface area contributed by atoms with E-state index in [2.05, 4.69) is 5.32 Å². The molecule has 0 aliphatic heterocycles. The third kappa shape index (κ3) is 7.03. The fourth-order valence-corrected chi connectivity index (χ4v) is 1.50. The van der Waals surface area contributed by atoms with E-state index in [9.17, 15) is 18.0 Å². The third-order valence-corrected chi connectivity index (χ3v) is 2.40. The summed E-state index contributed by atoms with van der Waals surface area (Å²) in [5.41, 5.74) is 6.88. The number of hydrogen-bond acceptors (Lipinski definition) is 2. The van der Waals surface area contributed by atoms with Crippen LogP contribution in [-0.4, -0.2) is 12.1 Å². The van der Waals surface area contributed by atoms with Gasteiger partial charge in [0.25, 0.3) is 0 Å². The second-order valence-electron chi connectivity index (χ2n) is 4.06. The molecule has 3 N–H and O–H groups in total. The number of carbonyl (C=O) groups is 1. The van der Waals surface area contributed by atoms with Crippen LogP contribution in [0.5, 0.6) is 0 Å². The summed E-state index contributed by atoms with van der Waals surface area (Å²) in [5.74, 6) is -0.205. The number of rotatable bonds is 4. The van der Waals surface area contributed by atoms with E-state index in [1.165, 1.54) is 6.92 Å². The van der Waals surface area contributed by atoms with E-state index in [-0.39, 0.29) is 24.7 Å². The molecule has 0 saturated heterocycles. The zero-order valence-electron chi connectivity index (χ0n) is 10.3. The van der Waals surface area contributed by atoms with E-state index < -0.39 is 18.6 Å². The minimum atomic E-state index is -4.19. The summed E-state index contributed by atoms with van der Waals surface area (Å²) < 4.78 is 36.1. The zero-order chi connectivity index (χ0) is 13.8. The van der Waals surface area contributed by atoms with Gasteiger partial charge in [0, 0.05) is 25.1 Å². The highest BCUT2D eigenvalue weighted by Crippen LogP contribution is 2.26. The van der Waals surface area contributed by atoms with Crippen LogP contribution < -0.4 is 11.1 Å². The molecule has 1 aromatic carbocycles. The summed E-state index contributed by atoms with van der Waals surface area (Å²) in [6.45, 7) is 1.38. The van der Waals surface area contributed by atoms with Crippen LogP contribution in [-0.2, 0) is 4.79 Å². The molecule has 3 nitrogen and oxygen atoms in total. The molecule has 0 fully saturated rings. The van der Waals surface area contributed by atoms with Crippen molar-refractivity contribution in [1.82, 2.24) is 0 Å². The number of benzene rings is 1. The van der Waals surface area contributed by atoms with Crippen LogP contribution >= 0.6 is 12.4 Å². The Kier molecular flexibility index (Phi) is 6.86. The van der Waals surface area contributed by atoms with Gasteiger partial charge in [-0.25, -0.2) is 0 Å². The summed E-state index contributed by atoms with van der Waals surface area (Å²) in [4.78, 5) is 10.8. The Morgan fingerprint density at radius 1 is 1.32 bits per heavy atom. The molecule has 0 saturated carbocycles. The smallest absolute Gasteiger partial charge is 0.326 e. The number of alkyl halides is 3. The first-order valence-electron chi connectivity index (χ1n) is 5.48. The standard InChI is InChI=1S/C12H15F3N2O.ClH/c1-8(18)17-10-4-2-9(3-5-10)11(16)6-7-12(13,14)15;/h2-5,11H,6-7,16H2,1H3,(H,17,18);1H/t11-;/m1./s1. The Balaban J connectivity index is 0.00000324. The number of hydrogen-bond donors (Lipinski definition) is 2. The van der Waals surface area contributed by atoms with Crippen molar-refractivity contribution in [3.8, 4) is 0 Å². The average molecular weight is 297 g/mol. The minimum absolute atomic E-state index is 0. The SMILES string of the molecule is CC(=O)Nc1ccc([C@H](N)CCC(F)(F)F)cc1.Cl. The molecule has 0 radical (unpaired) electrons. The first kappa shape index (κ1) is 17.7. The van der Waals surface area contributed by atoms with Crippen molar-refractivity contribution in [3.05, 3.63) is 29.8 Å². The molecule has 108 valence electrons. The predicted molar refractivity (Wildman–Crippen MR) is 70.2 cm³/mol. The quantitative estimate of drug-likeness (QED) is 0.894. The van der Waals surface area contributed by atoms with Crippen molar-refractivity contribution >= 4 is 24.0 Å². The normalized spacial score (nSPS) is 12.5. The molecule has 19 heavy (non-hydrogen) atoms. The number of anilines is 1. The first-order valence-corrected chi connectivity index (χ1v) is 5.48. The van der Waals surface area contributed by atoms with Gasteiger partial charge in [0.05, 0.1) is 0 Å². The van der Waals surface area contributed by atoms with E-state index >= 15 is 0 Å². The van der Waals surface area contributed by atoms with Crippen molar-refractivity contribution in [2.24, 2.45) is 5.73 Å². The molecule has 1 aromatic rings. The maximum absolute atomic E-state index is 12.0. The summed E-state index contributed by atoms with van der Waals surface area (Å²) in [7, 11) is 0. The number of nitrogens with one attached hydrogen (secondary N) is 1. The average Bonchev–Trinajstić information content (AvgIpc) is 2.25. The second-order valence-corrected chi connectivity index (χ2v) is 4.06. The van der Waals surface area contributed by atoms with Crippen LogP contribution in [0, 0.1) is 0 Å². The van der Waals surface area contributed by atoms with E-state index in [0.717, 1.165) is 0 Å². The Bertz CT molecular complexity index is 406.